The maximum absolute atomic E-state index is 11.3. The Morgan fingerprint density at radius 3 is 3.11 bits per heavy atom. The van der Waals surface area contributed by atoms with Gasteiger partial charge in [0.15, 0.2) is 5.13 Å². The number of aromatic nitrogens is 1. The SMILES string of the molecule is Nc1ncc(COc2ccc3c(c2)CCC(=O)N3)s1. The number of ether oxygens (including phenoxy) is 1. The molecule has 1 aliphatic heterocycles. The zero-order chi connectivity index (χ0) is 13.2. The maximum Gasteiger partial charge on any atom is 0.224 e. The van der Waals surface area contributed by atoms with Crippen LogP contribution in [0.5, 0.6) is 5.75 Å². The second-order valence-electron chi connectivity index (χ2n) is 4.32. The molecule has 0 saturated heterocycles. The van der Waals surface area contributed by atoms with Crippen LogP contribution >= 0.6 is 11.3 Å². The van der Waals surface area contributed by atoms with Crippen LogP contribution in [-0.2, 0) is 17.8 Å². The number of nitrogens with two attached hydrogens (primary N) is 1. The van der Waals surface area contributed by atoms with Crippen LogP contribution in [0.25, 0.3) is 0 Å². The van der Waals surface area contributed by atoms with E-state index in [2.05, 4.69) is 10.3 Å². The summed E-state index contributed by atoms with van der Waals surface area (Å²) in [6, 6.07) is 5.71. The number of nitrogens with one attached hydrogen (secondary N) is 1. The topological polar surface area (TPSA) is 77.2 Å². The van der Waals surface area contributed by atoms with E-state index < -0.39 is 0 Å². The summed E-state index contributed by atoms with van der Waals surface area (Å²) in [5.74, 6) is 0.864. The number of rotatable bonds is 3. The third-order valence-electron chi connectivity index (χ3n) is 2.92. The summed E-state index contributed by atoms with van der Waals surface area (Å²) >= 11 is 1.42. The molecule has 1 aliphatic rings. The van der Waals surface area contributed by atoms with Crippen molar-refractivity contribution in [1.82, 2.24) is 4.98 Å². The number of hydrogen-bond donors (Lipinski definition) is 2. The van der Waals surface area contributed by atoms with Gasteiger partial charge in [0, 0.05) is 18.3 Å². The van der Waals surface area contributed by atoms with Gasteiger partial charge in [-0.3, -0.25) is 4.79 Å². The first-order chi connectivity index (χ1) is 9.20. The number of nitrogens with zero attached hydrogens (tertiary/aromatic N) is 1. The van der Waals surface area contributed by atoms with E-state index in [9.17, 15) is 4.79 Å². The van der Waals surface area contributed by atoms with Gasteiger partial charge in [-0.2, -0.15) is 0 Å². The van der Waals surface area contributed by atoms with Gasteiger partial charge < -0.3 is 15.8 Å². The van der Waals surface area contributed by atoms with Crippen molar-refractivity contribution in [1.29, 1.82) is 0 Å². The first kappa shape index (κ1) is 12.0. The molecule has 2 aromatic rings. The molecular formula is C13H13N3O2S. The Kier molecular flexibility index (Phi) is 3.08. The van der Waals surface area contributed by atoms with E-state index in [1.807, 2.05) is 18.2 Å². The van der Waals surface area contributed by atoms with Crippen molar-refractivity contribution < 1.29 is 9.53 Å². The normalized spacial score (nSPS) is 13.8. The highest BCUT2D eigenvalue weighted by Gasteiger charge is 2.15. The van der Waals surface area contributed by atoms with Crippen molar-refractivity contribution in [3.8, 4) is 5.75 Å². The summed E-state index contributed by atoms with van der Waals surface area (Å²) in [4.78, 5) is 16.2. The molecule has 2 heterocycles. The number of anilines is 2. The van der Waals surface area contributed by atoms with Crippen LogP contribution in [0, 0.1) is 0 Å². The molecule has 0 fully saturated rings. The first-order valence-electron chi connectivity index (χ1n) is 5.96. The highest BCUT2D eigenvalue weighted by molar-refractivity contribution is 7.15. The van der Waals surface area contributed by atoms with Gasteiger partial charge in [-0.05, 0) is 30.2 Å². The fraction of sp³-hybridized carbons (Fsp3) is 0.231. The highest BCUT2D eigenvalue weighted by atomic mass is 32.1. The molecule has 5 nitrogen and oxygen atoms in total. The quantitative estimate of drug-likeness (QED) is 0.900. The van der Waals surface area contributed by atoms with Crippen molar-refractivity contribution in [3.63, 3.8) is 0 Å². The van der Waals surface area contributed by atoms with Crippen molar-refractivity contribution in [3.05, 3.63) is 34.8 Å². The summed E-state index contributed by atoms with van der Waals surface area (Å²) < 4.78 is 5.70. The van der Waals surface area contributed by atoms with E-state index in [0.29, 0.717) is 18.2 Å². The second kappa shape index (κ2) is 4.89. The number of carbonyl (C=O) groups excluding carboxylic acids is 1. The Morgan fingerprint density at radius 1 is 1.42 bits per heavy atom. The lowest BCUT2D eigenvalue weighted by Gasteiger charge is -2.17. The fourth-order valence-corrected chi connectivity index (χ4v) is 2.59. The molecule has 0 bridgehead atoms. The van der Waals surface area contributed by atoms with E-state index >= 15 is 0 Å². The average molecular weight is 275 g/mol. The van der Waals surface area contributed by atoms with Gasteiger partial charge in [-0.15, -0.1) is 0 Å². The molecule has 0 radical (unpaired) electrons. The zero-order valence-electron chi connectivity index (χ0n) is 10.2. The molecule has 3 N–H and O–H groups in total. The molecule has 98 valence electrons. The van der Waals surface area contributed by atoms with E-state index in [0.717, 1.165) is 28.3 Å². The van der Waals surface area contributed by atoms with Crippen LogP contribution in [0.3, 0.4) is 0 Å². The maximum atomic E-state index is 11.3. The van der Waals surface area contributed by atoms with Crippen molar-refractivity contribution in [2.75, 3.05) is 11.1 Å². The predicted octanol–water partition coefficient (Wildman–Crippen LogP) is 2.19. The lowest BCUT2D eigenvalue weighted by molar-refractivity contribution is -0.116. The smallest absolute Gasteiger partial charge is 0.224 e. The van der Waals surface area contributed by atoms with Crippen LogP contribution in [0.2, 0.25) is 0 Å². The van der Waals surface area contributed by atoms with Crippen LogP contribution < -0.4 is 15.8 Å². The molecule has 3 rings (SSSR count). The zero-order valence-corrected chi connectivity index (χ0v) is 11.0. The largest absolute Gasteiger partial charge is 0.488 e. The lowest BCUT2D eigenvalue weighted by Crippen LogP contribution is -2.18. The van der Waals surface area contributed by atoms with Gasteiger partial charge in [0.1, 0.15) is 12.4 Å². The minimum Gasteiger partial charge on any atom is -0.488 e. The highest BCUT2D eigenvalue weighted by Crippen LogP contribution is 2.27. The molecule has 19 heavy (non-hydrogen) atoms. The van der Waals surface area contributed by atoms with E-state index in [-0.39, 0.29) is 5.91 Å². The molecule has 0 spiro atoms. The third kappa shape index (κ3) is 2.68. The Morgan fingerprint density at radius 2 is 2.32 bits per heavy atom. The second-order valence-corrected chi connectivity index (χ2v) is 5.47. The third-order valence-corrected chi connectivity index (χ3v) is 3.72. The number of carbonyl (C=O) groups is 1. The van der Waals surface area contributed by atoms with Crippen molar-refractivity contribution in [2.45, 2.75) is 19.4 Å². The average Bonchev–Trinajstić information content (AvgIpc) is 2.82. The van der Waals surface area contributed by atoms with Gasteiger partial charge in [-0.1, -0.05) is 11.3 Å². The number of amides is 1. The molecule has 0 saturated carbocycles. The van der Waals surface area contributed by atoms with Crippen LogP contribution in [-0.4, -0.2) is 10.9 Å². The van der Waals surface area contributed by atoms with E-state index in [1.165, 1.54) is 11.3 Å². The summed E-state index contributed by atoms with van der Waals surface area (Å²) in [5, 5.41) is 3.39. The Bertz CT molecular complexity index is 624. The molecule has 0 aliphatic carbocycles. The van der Waals surface area contributed by atoms with Gasteiger partial charge in [0.05, 0.1) is 4.88 Å². The number of hydrogen-bond acceptors (Lipinski definition) is 5. The summed E-state index contributed by atoms with van der Waals surface area (Å²) in [6.07, 6.45) is 3.01. The summed E-state index contributed by atoms with van der Waals surface area (Å²) in [7, 11) is 0. The molecule has 0 atom stereocenters. The fourth-order valence-electron chi connectivity index (χ4n) is 1.99. The number of benzene rings is 1. The Balaban J connectivity index is 1.70. The Labute approximate surface area is 114 Å². The van der Waals surface area contributed by atoms with Gasteiger partial charge in [-0.25, -0.2) is 4.98 Å². The summed E-state index contributed by atoms with van der Waals surface area (Å²) in [5.41, 5.74) is 7.56. The lowest BCUT2D eigenvalue weighted by atomic mass is 10.0. The number of thiazole rings is 1. The van der Waals surface area contributed by atoms with Crippen LogP contribution in [0.15, 0.2) is 24.4 Å². The van der Waals surface area contributed by atoms with Gasteiger partial charge in [0.25, 0.3) is 0 Å². The number of fused-ring (bicyclic) bond motifs is 1. The van der Waals surface area contributed by atoms with Crippen molar-refractivity contribution in [2.24, 2.45) is 0 Å². The number of nitrogen functional groups attached to an aromatic ring is 1. The minimum absolute atomic E-state index is 0.0707. The van der Waals surface area contributed by atoms with Gasteiger partial charge >= 0.3 is 0 Å². The van der Waals surface area contributed by atoms with E-state index in [4.69, 9.17) is 10.5 Å². The molecule has 1 amide bonds. The van der Waals surface area contributed by atoms with Crippen LogP contribution in [0.4, 0.5) is 10.8 Å². The Hall–Kier alpha value is -2.08. The number of aryl methyl sites for hydroxylation is 1. The minimum atomic E-state index is 0.0707. The molecular weight excluding hydrogens is 262 g/mol. The molecule has 0 unspecified atom stereocenters. The van der Waals surface area contributed by atoms with E-state index in [1.54, 1.807) is 6.20 Å². The monoisotopic (exact) mass is 275 g/mol. The first-order valence-corrected chi connectivity index (χ1v) is 6.78. The van der Waals surface area contributed by atoms with Gasteiger partial charge in [0.2, 0.25) is 5.91 Å². The molecule has 6 heteroatoms. The van der Waals surface area contributed by atoms with Crippen LogP contribution in [0.1, 0.15) is 16.9 Å². The predicted molar refractivity (Wildman–Crippen MR) is 74.3 cm³/mol. The standard InChI is InChI=1S/C13H13N3O2S/c14-13-15-6-10(19-13)7-18-9-2-3-11-8(5-9)1-4-12(17)16-11/h2-3,5-6H,1,4,7H2,(H2,14,15)(H,16,17). The molecule has 1 aromatic carbocycles. The van der Waals surface area contributed by atoms with Crippen molar-refractivity contribution >= 4 is 28.1 Å². The summed E-state index contributed by atoms with van der Waals surface area (Å²) in [6.45, 7) is 0.458. The molecule has 1 aromatic heterocycles.